The number of hydrogen-bond acceptors (Lipinski definition) is 4. The van der Waals surface area contributed by atoms with Gasteiger partial charge in [0, 0.05) is 45.0 Å². The molecule has 3 rings (SSSR count). The van der Waals surface area contributed by atoms with Crippen LogP contribution in [0.3, 0.4) is 0 Å². The lowest BCUT2D eigenvalue weighted by molar-refractivity contribution is 0.0929. The van der Waals surface area contributed by atoms with Crippen molar-refractivity contribution >= 4 is 23.2 Å². The number of amides is 1. The van der Waals surface area contributed by atoms with E-state index in [0.717, 1.165) is 38.2 Å². The number of aryl methyl sites for hydroxylation is 1. The van der Waals surface area contributed by atoms with E-state index < -0.39 is 0 Å². The van der Waals surface area contributed by atoms with Crippen molar-refractivity contribution in [2.75, 3.05) is 39.8 Å². The summed E-state index contributed by atoms with van der Waals surface area (Å²) in [4.78, 5) is 21.9. The predicted octanol–water partition coefficient (Wildman–Crippen LogP) is 2.05. The van der Waals surface area contributed by atoms with E-state index in [1.807, 2.05) is 13.0 Å². The molecule has 0 bridgehead atoms. The molecular formula is C18H26ClN5O. The molecule has 1 amide bonds. The van der Waals surface area contributed by atoms with Crippen LogP contribution in [0.15, 0.2) is 18.3 Å². The Morgan fingerprint density at radius 1 is 1.32 bits per heavy atom. The van der Waals surface area contributed by atoms with Crippen LogP contribution in [0.1, 0.15) is 29.5 Å². The van der Waals surface area contributed by atoms with Crippen molar-refractivity contribution in [2.24, 2.45) is 0 Å². The maximum atomic E-state index is 12.6. The van der Waals surface area contributed by atoms with Crippen LogP contribution in [0.4, 0.5) is 0 Å². The molecule has 0 radical (unpaired) electrons. The molecule has 2 aromatic heterocycles. The van der Waals surface area contributed by atoms with Gasteiger partial charge in [0.15, 0.2) is 0 Å². The SMILES string of the molecule is Cc1nc2ccc(Cl)cn2c1C(=O)NCC[C@H](C)N1CCN(C)CC1. The van der Waals surface area contributed by atoms with Crippen molar-refractivity contribution < 1.29 is 4.79 Å². The number of piperazine rings is 1. The molecule has 0 aromatic carbocycles. The van der Waals surface area contributed by atoms with Gasteiger partial charge < -0.3 is 10.2 Å². The van der Waals surface area contributed by atoms with E-state index in [0.29, 0.717) is 29.0 Å². The topological polar surface area (TPSA) is 52.9 Å². The predicted molar refractivity (Wildman–Crippen MR) is 100 cm³/mol. The summed E-state index contributed by atoms with van der Waals surface area (Å²) in [5, 5.41) is 3.62. The Bertz CT molecular complexity index is 751. The number of likely N-dealkylation sites (N-methyl/N-ethyl adjacent to an activating group) is 1. The number of hydrogen-bond donors (Lipinski definition) is 1. The molecule has 1 fully saturated rings. The van der Waals surface area contributed by atoms with Gasteiger partial charge in [0.05, 0.1) is 10.7 Å². The Morgan fingerprint density at radius 3 is 2.76 bits per heavy atom. The van der Waals surface area contributed by atoms with Crippen LogP contribution in [0.25, 0.3) is 5.65 Å². The van der Waals surface area contributed by atoms with Gasteiger partial charge in [0.25, 0.3) is 5.91 Å². The highest BCUT2D eigenvalue weighted by atomic mass is 35.5. The van der Waals surface area contributed by atoms with Gasteiger partial charge >= 0.3 is 0 Å². The number of rotatable bonds is 5. The number of carbonyl (C=O) groups excluding carboxylic acids is 1. The Labute approximate surface area is 153 Å². The molecule has 6 nitrogen and oxygen atoms in total. The lowest BCUT2D eigenvalue weighted by Gasteiger charge is -2.36. The molecule has 1 atom stereocenters. The minimum Gasteiger partial charge on any atom is -0.351 e. The quantitative estimate of drug-likeness (QED) is 0.883. The zero-order chi connectivity index (χ0) is 18.0. The van der Waals surface area contributed by atoms with E-state index >= 15 is 0 Å². The molecule has 2 aromatic rings. The van der Waals surface area contributed by atoms with E-state index in [9.17, 15) is 4.79 Å². The van der Waals surface area contributed by atoms with Gasteiger partial charge in [0.2, 0.25) is 0 Å². The van der Waals surface area contributed by atoms with Gasteiger partial charge in [-0.1, -0.05) is 11.6 Å². The smallest absolute Gasteiger partial charge is 0.270 e. The Kier molecular flexibility index (Phi) is 5.61. The van der Waals surface area contributed by atoms with E-state index in [-0.39, 0.29) is 5.91 Å². The normalized spacial score (nSPS) is 17.8. The molecule has 1 saturated heterocycles. The average molecular weight is 364 g/mol. The highest BCUT2D eigenvalue weighted by molar-refractivity contribution is 6.30. The molecule has 0 saturated carbocycles. The summed E-state index contributed by atoms with van der Waals surface area (Å²) in [7, 11) is 2.16. The van der Waals surface area contributed by atoms with Crippen LogP contribution in [0.2, 0.25) is 5.02 Å². The van der Waals surface area contributed by atoms with Crippen molar-refractivity contribution in [1.82, 2.24) is 24.5 Å². The maximum Gasteiger partial charge on any atom is 0.270 e. The summed E-state index contributed by atoms with van der Waals surface area (Å²) < 4.78 is 1.76. The summed E-state index contributed by atoms with van der Waals surface area (Å²) in [5.41, 5.74) is 2.01. The number of aromatic nitrogens is 2. The maximum absolute atomic E-state index is 12.6. The first-order valence-corrected chi connectivity index (χ1v) is 9.18. The molecule has 136 valence electrons. The number of pyridine rings is 1. The van der Waals surface area contributed by atoms with Crippen LogP contribution in [0, 0.1) is 6.92 Å². The Balaban J connectivity index is 1.58. The average Bonchev–Trinajstić information content (AvgIpc) is 2.90. The van der Waals surface area contributed by atoms with Crippen molar-refractivity contribution in [1.29, 1.82) is 0 Å². The second-order valence-corrected chi connectivity index (χ2v) is 7.29. The van der Waals surface area contributed by atoms with E-state index in [4.69, 9.17) is 11.6 Å². The van der Waals surface area contributed by atoms with Gasteiger partial charge in [-0.05, 0) is 39.4 Å². The second-order valence-electron chi connectivity index (χ2n) is 6.85. The number of imidazole rings is 1. The largest absolute Gasteiger partial charge is 0.351 e. The first kappa shape index (κ1) is 18.2. The van der Waals surface area contributed by atoms with Crippen molar-refractivity contribution in [3.63, 3.8) is 0 Å². The monoisotopic (exact) mass is 363 g/mol. The number of fused-ring (bicyclic) bond motifs is 1. The van der Waals surface area contributed by atoms with Crippen molar-refractivity contribution in [3.05, 3.63) is 34.7 Å². The summed E-state index contributed by atoms with van der Waals surface area (Å²) >= 11 is 6.06. The third kappa shape index (κ3) is 4.14. The number of halogens is 1. The summed E-state index contributed by atoms with van der Waals surface area (Å²) in [6, 6.07) is 4.07. The molecule has 1 aliphatic rings. The van der Waals surface area contributed by atoms with Crippen molar-refractivity contribution in [3.8, 4) is 0 Å². The van der Waals surface area contributed by atoms with Gasteiger partial charge in [-0.15, -0.1) is 0 Å². The fourth-order valence-electron chi connectivity index (χ4n) is 3.33. The first-order valence-electron chi connectivity index (χ1n) is 8.80. The lowest BCUT2D eigenvalue weighted by Crippen LogP contribution is -2.48. The van der Waals surface area contributed by atoms with Crippen LogP contribution in [-0.2, 0) is 0 Å². The van der Waals surface area contributed by atoms with Gasteiger partial charge in [-0.25, -0.2) is 4.98 Å². The zero-order valence-corrected chi connectivity index (χ0v) is 15.9. The van der Waals surface area contributed by atoms with Crippen LogP contribution in [0.5, 0.6) is 0 Å². The summed E-state index contributed by atoms with van der Waals surface area (Å²) in [5.74, 6) is -0.0992. The lowest BCUT2D eigenvalue weighted by atomic mass is 10.1. The van der Waals surface area contributed by atoms with E-state index in [1.165, 1.54) is 0 Å². The molecule has 0 spiro atoms. The number of carbonyl (C=O) groups is 1. The fraction of sp³-hybridized carbons (Fsp3) is 0.556. The molecule has 1 aliphatic heterocycles. The molecule has 25 heavy (non-hydrogen) atoms. The molecule has 0 aliphatic carbocycles. The standard InChI is InChI=1S/C18H26ClN5O/c1-13(23-10-8-22(3)9-11-23)6-7-20-18(25)17-14(2)21-16-5-4-15(19)12-24(16)17/h4-5,12-13H,6-11H2,1-3H3,(H,20,25)/t13-/m0/s1. The fourth-order valence-corrected chi connectivity index (χ4v) is 3.49. The Hall–Kier alpha value is -1.63. The van der Waals surface area contributed by atoms with Crippen LogP contribution in [-0.4, -0.2) is 70.9 Å². The van der Waals surface area contributed by atoms with Gasteiger partial charge in [-0.2, -0.15) is 0 Å². The third-order valence-electron chi connectivity index (χ3n) is 4.98. The minimum atomic E-state index is -0.0992. The van der Waals surface area contributed by atoms with Gasteiger partial charge in [-0.3, -0.25) is 14.1 Å². The van der Waals surface area contributed by atoms with Crippen molar-refractivity contribution in [2.45, 2.75) is 26.3 Å². The first-order chi connectivity index (χ1) is 12.0. The minimum absolute atomic E-state index is 0.0992. The van der Waals surface area contributed by atoms with Crippen LogP contribution >= 0.6 is 11.6 Å². The third-order valence-corrected chi connectivity index (χ3v) is 5.20. The van der Waals surface area contributed by atoms with Gasteiger partial charge in [0.1, 0.15) is 11.3 Å². The Morgan fingerprint density at radius 2 is 2.04 bits per heavy atom. The second kappa shape index (κ2) is 7.72. The highest BCUT2D eigenvalue weighted by Crippen LogP contribution is 2.16. The summed E-state index contributed by atoms with van der Waals surface area (Å²) in [6.07, 6.45) is 2.67. The molecule has 0 unspecified atom stereocenters. The zero-order valence-electron chi connectivity index (χ0n) is 15.1. The molecule has 1 N–H and O–H groups in total. The highest BCUT2D eigenvalue weighted by Gasteiger charge is 2.20. The summed E-state index contributed by atoms with van der Waals surface area (Å²) in [6.45, 7) is 9.14. The molecule has 3 heterocycles. The molecule has 7 heteroatoms. The van der Waals surface area contributed by atoms with E-state index in [1.54, 1.807) is 16.7 Å². The number of nitrogens with zero attached hydrogens (tertiary/aromatic N) is 4. The number of nitrogens with one attached hydrogen (secondary N) is 1. The van der Waals surface area contributed by atoms with E-state index in [2.05, 4.69) is 34.1 Å². The molecular weight excluding hydrogens is 338 g/mol. The van der Waals surface area contributed by atoms with Crippen LogP contribution < -0.4 is 5.32 Å².